The molecule has 0 saturated carbocycles. The normalized spacial score (nSPS) is 24.5. The van der Waals surface area contributed by atoms with E-state index in [4.69, 9.17) is 0 Å². The van der Waals surface area contributed by atoms with Gasteiger partial charge < -0.3 is 4.79 Å². The fourth-order valence-corrected chi connectivity index (χ4v) is 2.13. The highest BCUT2D eigenvalue weighted by molar-refractivity contribution is 5.49. The molecule has 1 atom stereocenters. The van der Waals surface area contributed by atoms with E-state index in [9.17, 15) is 4.79 Å². The minimum Gasteiger partial charge on any atom is -0.303 e. The molecule has 0 heterocycles. The summed E-state index contributed by atoms with van der Waals surface area (Å²) in [6, 6.07) is 0. The van der Waals surface area contributed by atoms with Gasteiger partial charge in [-0.15, -0.1) is 0 Å². The average Bonchev–Trinajstić information content (AvgIpc) is 2.44. The van der Waals surface area contributed by atoms with Crippen LogP contribution in [0.1, 0.15) is 46.5 Å². The van der Waals surface area contributed by atoms with Crippen molar-refractivity contribution in [1.29, 1.82) is 0 Å². The lowest BCUT2D eigenvalue weighted by Crippen LogP contribution is -2.19. The molecule has 0 bridgehead atoms. The zero-order chi connectivity index (χ0) is 11.3. The summed E-state index contributed by atoms with van der Waals surface area (Å²) in [7, 11) is 0. The Balaban J connectivity index is 2.35. The van der Waals surface area contributed by atoms with Crippen molar-refractivity contribution >= 4 is 6.29 Å². The Labute approximate surface area is 93.3 Å². The molecule has 0 saturated heterocycles. The molecule has 1 heteroatoms. The van der Waals surface area contributed by atoms with Crippen LogP contribution >= 0.6 is 0 Å². The van der Waals surface area contributed by atoms with E-state index in [0.717, 1.165) is 25.0 Å². The van der Waals surface area contributed by atoms with Gasteiger partial charge in [0.25, 0.3) is 0 Å². The number of aldehydes is 1. The smallest absolute Gasteiger partial charge is 0.120 e. The van der Waals surface area contributed by atoms with Crippen LogP contribution in [0.3, 0.4) is 0 Å². The summed E-state index contributed by atoms with van der Waals surface area (Å²) in [6.07, 6.45) is 11.6. The lowest BCUT2D eigenvalue weighted by molar-refractivity contribution is -0.107. The summed E-state index contributed by atoms with van der Waals surface area (Å²) >= 11 is 0. The standard InChI is InChI=1S/C14H22O/c1-12-9-10-13(14(12,2)3)8-6-4-5-7-11-15/h4,6,9,11,13H,5,7-8,10H2,1-3H3/b6-4+/t13-/m1/s1. The molecule has 0 radical (unpaired) electrons. The number of hydrogen-bond acceptors (Lipinski definition) is 1. The van der Waals surface area contributed by atoms with Crippen LogP contribution in [0.25, 0.3) is 0 Å². The summed E-state index contributed by atoms with van der Waals surface area (Å²) in [5.74, 6) is 0.741. The number of carbonyl (C=O) groups excluding carboxylic acids is 1. The first-order chi connectivity index (χ1) is 7.09. The fraction of sp³-hybridized carbons (Fsp3) is 0.643. The minimum absolute atomic E-state index is 0.356. The number of allylic oxidation sites excluding steroid dienone is 4. The molecule has 0 aromatic carbocycles. The highest BCUT2D eigenvalue weighted by atomic mass is 16.1. The Bertz CT molecular complexity index is 271. The van der Waals surface area contributed by atoms with E-state index >= 15 is 0 Å². The Morgan fingerprint density at radius 1 is 1.40 bits per heavy atom. The van der Waals surface area contributed by atoms with Crippen molar-refractivity contribution in [3.63, 3.8) is 0 Å². The molecule has 1 nitrogen and oxygen atoms in total. The lowest BCUT2D eigenvalue weighted by atomic mass is 9.76. The first-order valence-corrected chi connectivity index (χ1v) is 5.85. The third kappa shape index (κ3) is 3.05. The molecular formula is C14H22O. The Morgan fingerprint density at radius 2 is 2.13 bits per heavy atom. The monoisotopic (exact) mass is 206 g/mol. The summed E-state index contributed by atoms with van der Waals surface area (Å²) in [4.78, 5) is 10.1. The van der Waals surface area contributed by atoms with Crippen molar-refractivity contribution in [2.45, 2.75) is 46.5 Å². The van der Waals surface area contributed by atoms with E-state index in [1.807, 2.05) is 0 Å². The average molecular weight is 206 g/mol. The second kappa shape index (κ2) is 5.29. The number of unbranched alkanes of at least 4 members (excludes halogenated alkanes) is 1. The summed E-state index contributed by atoms with van der Waals surface area (Å²) in [5.41, 5.74) is 1.88. The summed E-state index contributed by atoms with van der Waals surface area (Å²) in [6.45, 7) is 6.89. The zero-order valence-corrected chi connectivity index (χ0v) is 10.1. The van der Waals surface area contributed by atoms with Crippen molar-refractivity contribution in [2.75, 3.05) is 0 Å². The van der Waals surface area contributed by atoms with E-state index < -0.39 is 0 Å². The Kier molecular flexibility index (Phi) is 4.31. The minimum atomic E-state index is 0.356. The third-order valence-corrected chi connectivity index (χ3v) is 3.78. The quantitative estimate of drug-likeness (QED) is 0.379. The van der Waals surface area contributed by atoms with Crippen LogP contribution in [-0.4, -0.2) is 6.29 Å². The molecule has 0 spiro atoms. The van der Waals surface area contributed by atoms with Gasteiger partial charge in [-0.1, -0.05) is 37.6 Å². The van der Waals surface area contributed by atoms with E-state index in [2.05, 4.69) is 39.0 Å². The van der Waals surface area contributed by atoms with Crippen LogP contribution in [0.15, 0.2) is 23.8 Å². The highest BCUT2D eigenvalue weighted by Crippen LogP contribution is 2.44. The van der Waals surface area contributed by atoms with Crippen molar-refractivity contribution in [3.05, 3.63) is 23.8 Å². The van der Waals surface area contributed by atoms with Crippen LogP contribution in [0.4, 0.5) is 0 Å². The SMILES string of the molecule is CC1=CC[C@@H](C/C=C/CCC=O)C1(C)C. The molecule has 0 unspecified atom stereocenters. The number of carbonyl (C=O) groups is 1. The molecule has 0 amide bonds. The Hall–Kier alpha value is -0.850. The predicted molar refractivity (Wildman–Crippen MR) is 64.7 cm³/mol. The molecule has 1 aliphatic carbocycles. The maximum atomic E-state index is 10.1. The maximum Gasteiger partial charge on any atom is 0.120 e. The van der Waals surface area contributed by atoms with Gasteiger partial charge in [-0.25, -0.2) is 0 Å². The van der Waals surface area contributed by atoms with Gasteiger partial charge >= 0.3 is 0 Å². The molecule has 84 valence electrons. The van der Waals surface area contributed by atoms with Crippen molar-refractivity contribution in [1.82, 2.24) is 0 Å². The van der Waals surface area contributed by atoms with Crippen LogP contribution in [0.2, 0.25) is 0 Å². The van der Waals surface area contributed by atoms with Gasteiger partial charge in [-0.2, -0.15) is 0 Å². The molecule has 1 rings (SSSR count). The molecule has 1 aliphatic rings. The predicted octanol–water partition coefficient (Wildman–Crippen LogP) is 3.90. The highest BCUT2D eigenvalue weighted by Gasteiger charge is 2.33. The largest absolute Gasteiger partial charge is 0.303 e. The van der Waals surface area contributed by atoms with E-state index in [0.29, 0.717) is 11.8 Å². The maximum absolute atomic E-state index is 10.1. The van der Waals surface area contributed by atoms with Crippen LogP contribution in [0, 0.1) is 11.3 Å². The lowest BCUT2D eigenvalue weighted by Gasteiger charge is -2.28. The summed E-state index contributed by atoms with van der Waals surface area (Å²) < 4.78 is 0. The van der Waals surface area contributed by atoms with Gasteiger partial charge in [0.15, 0.2) is 0 Å². The van der Waals surface area contributed by atoms with Crippen LogP contribution < -0.4 is 0 Å². The van der Waals surface area contributed by atoms with Crippen molar-refractivity contribution in [2.24, 2.45) is 11.3 Å². The van der Waals surface area contributed by atoms with Gasteiger partial charge in [-0.05, 0) is 37.5 Å². The molecule has 0 N–H and O–H groups in total. The third-order valence-electron chi connectivity index (χ3n) is 3.78. The van der Waals surface area contributed by atoms with Crippen molar-refractivity contribution in [3.8, 4) is 0 Å². The van der Waals surface area contributed by atoms with E-state index in [1.54, 1.807) is 0 Å². The fourth-order valence-electron chi connectivity index (χ4n) is 2.13. The van der Waals surface area contributed by atoms with Gasteiger partial charge in [0.05, 0.1) is 0 Å². The second-order valence-corrected chi connectivity index (χ2v) is 4.99. The zero-order valence-electron chi connectivity index (χ0n) is 10.1. The molecule has 15 heavy (non-hydrogen) atoms. The first kappa shape index (κ1) is 12.2. The molecular weight excluding hydrogens is 184 g/mol. The van der Waals surface area contributed by atoms with Gasteiger partial charge in [0, 0.05) is 6.42 Å². The van der Waals surface area contributed by atoms with Gasteiger partial charge in [-0.3, -0.25) is 0 Å². The first-order valence-electron chi connectivity index (χ1n) is 5.85. The molecule has 0 fully saturated rings. The number of rotatable bonds is 5. The topological polar surface area (TPSA) is 17.1 Å². The second-order valence-electron chi connectivity index (χ2n) is 4.99. The number of hydrogen-bond donors (Lipinski definition) is 0. The van der Waals surface area contributed by atoms with Gasteiger partial charge in [0.1, 0.15) is 6.29 Å². The van der Waals surface area contributed by atoms with Gasteiger partial charge in [0.2, 0.25) is 0 Å². The van der Waals surface area contributed by atoms with E-state index in [1.165, 1.54) is 12.0 Å². The molecule has 0 aromatic rings. The Morgan fingerprint density at radius 3 is 2.67 bits per heavy atom. The van der Waals surface area contributed by atoms with Crippen LogP contribution in [-0.2, 0) is 4.79 Å². The molecule has 0 aromatic heterocycles. The summed E-state index contributed by atoms with van der Waals surface area (Å²) in [5, 5.41) is 0. The van der Waals surface area contributed by atoms with E-state index in [-0.39, 0.29) is 0 Å². The van der Waals surface area contributed by atoms with Crippen LogP contribution in [0.5, 0.6) is 0 Å². The van der Waals surface area contributed by atoms with Crippen molar-refractivity contribution < 1.29 is 4.79 Å². The molecule has 0 aliphatic heterocycles.